The maximum absolute atomic E-state index is 11.0. The van der Waals surface area contributed by atoms with Crippen molar-refractivity contribution in [2.75, 3.05) is 6.61 Å². The third-order valence-electron chi connectivity index (χ3n) is 3.24. The lowest BCUT2D eigenvalue weighted by Crippen LogP contribution is -2.29. The predicted molar refractivity (Wildman–Crippen MR) is 41.3 cm³/mol. The number of nitrogens with zero attached hydrogens (tertiary/aromatic N) is 1. The molecule has 2 aliphatic rings. The molecule has 3 atom stereocenters. The first-order valence-corrected chi connectivity index (χ1v) is 4.08. The van der Waals surface area contributed by atoms with E-state index < -0.39 is 12.0 Å². The second kappa shape index (κ2) is 2.06. The van der Waals surface area contributed by atoms with E-state index in [4.69, 9.17) is 4.74 Å². The highest BCUT2D eigenvalue weighted by Crippen LogP contribution is 2.62. The minimum Gasteiger partial charge on any atom is -0.464 e. The van der Waals surface area contributed by atoms with Gasteiger partial charge in [0.15, 0.2) is 6.04 Å². The first-order valence-electron chi connectivity index (χ1n) is 4.08. The molecule has 1 aliphatic carbocycles. The Morgan fingerprint density at radius 1 is 1.58 bits per heavy atom. The summed E-state index contributed by atoms with van der Waals surface area (Å²) in [5.41, 5.74) is 0.0603. The van der Waals surface area contributed by atoms with Gasteiger partial charge in [-0.15, -0.1) is 4.91 Å². The number of hydrogen-bond donors (Lipinski definition) is 0. The maximum Gasteiger partial charge on any atom is 0.334 e. The summed E-state index contributed by atoms with van der Waals surface area (Å²) in [6, 6.07) is -0.751. The van der Waals surface area contributed by atoms with Crippen LogP contribution < -0.4 is 0 Å². The minimum absolute atomic E-state index is 0.0603. The van der Waals surface area contributed by atoms with Gasteiger partial charge < -0.3 is 4.74 Å². The summed E-state index contributed by atoms with van der Waals surface area (Å²) < 4.78 is 4.84. The summed E-state index contributed by atoms with van der Waals surface area (Å²) in [4.78, 5) is 21.4. The van der Waals surface area contributed by atoms with Crippen molar-refractivity contribution >= 4 is 5.97 Å². The number of carbonyl (C=O) groups excluding carboxylic acids is 1. The van der Waals surface area contributed by atoms with Crippen molar-refractivity contribution in [3.8, 4) is 0 Å². The number of cyclic esters (lactones) is 1. The smallest absolute Gasteiger partial charge is 0.334 e. The SMILES string of the molecule is CC1(C)C2COC(=O)C(N=O)[C@H]21. The molecule has 2 unspecified atom stereocenters. The molecule has 0 amide bonds. The van der Waals surface area contributed by atoms with Crippen LogP contribution in [0.2, 0.25) is 0 Å². The van der Waals surface area contributed by atoms with Gasteiger partial charge in [0, 0.05) is 11.8 Å². The van der Waals surface area contributed by atoms with Crippen LogP contribution in [0, 0.1) is 22.2 Å². The molecule has 0 bridgehead atoms. The molecule has 1 heterocycles. The first-order chi connectivity index (χ1) is 5.59. The Morgan fingerprint density at radius 2 is 2.25 bits per heavy atom. The van der Waals surface area contributed by atoms with Crippen molar-refractivity contribution in [1.82, 2.24) is 0 Å². The Balaban J connectivity index is 2.22. The van der Waals surface area contributed by atoms with Crippen molar-refractivity contribution < 1.29 is 9.53 Å². The molecule has 1 aliphatic heterocycles. The van der Waals surface area contributed by atoms with Crippen molar-refractivity contribution in [3.05, 3.63) is 4.91 Å². The molecule has 0 spiro atoms. The van der Waals surface area contributed by atoms with Crippen molar-refractivity contribution in [2.24, 2.45) is 22.4 Å². The Kier molecular flexibility index (Phi) is 1.32. The summed E-state index contributed by atoms with van der Waals surface area (Å²) in [6.07, 6.45) is 0. The van der Waals surface area contributed by atoms with E-state index in [-0.39, 0.29) is 11.3 Å². The quantitative estimate of drug-likeness (QED) is 0.433. The monoisotopic (exact) mass is 169 g/mol. The van der Waals surface area contributed by atoms with Gasteiger partial charge in [-0.05, 0) is 5.41 Å². The molecule has 4 heteroatoms. The Hall–Kier alpha value is -0.930. The summed E-state index contributed by atoms with van der Waals surface area (Å²) in [7, 11) is 0. The first kappa shape index (κ1) is 7.71. The van der Waals surface area contributed by atoms with E-state index in [1.807, 2.05) is 13.8 Å². The second-order valence-electron chi connectivity index (χ2n) is 4.13. The highest BCUT2D eigenvalue weighted by molar-refractivity contribution is 5.78. The average Bonchev–Trinajstić information content (AvgIpc) is 2.55. The van der Waals surface area contributed by atoms with Crippen LogP contribution in [0.25, 0.3) is 0 Å². The molecule has 0 aromatic rings. The number of ether oxygens (including phenoxy) is 1. The standard InChI is InChI=1S/C8H11NO3/c1-8(2)4-3-12-7(10)6(9-11)5(4)8/h4-6H,3H2,1-2H3/t4?,5-,6?/m0/s1. The lowest BCUT2D eigenvalue weighted by Gasteiger charge is -2.13. The van der Waals surface area contributed by atoms with E-state index in [9.17, 15) is 9.70 Å². The summed E-state index contributed by atoms with van der Waals surface area (Å²) in [5, 5.41) is 2.82. The van der Waals surface area contributed by atoms with Gasteiger partial charge >= 0.3 is 5.97 Å². The Morgan fingerprint density at radius 3 is 2.75 bits per heavy atom. The zero-order valence-electron chi connectivity index (χ0n) is 7.11. The molecule has 4 nitrogen and oxygen atoms in total. The van der Waals surface area contributed by atoms with Crippen LogP contribution in [0.3, 0.4) is 0 Å². The summed E-state index contributed by atoms with van der Waals surface area (Å²) in [6.45, 7) is 4.55. The van der Waals surface area contributed by atoms with Gasteiger partial charge in [0.1, 0.15) is 0 Å². The van der Waals surface area contributed by atoms with Crippen LogP contribution in [0.5, 0.6) is 0 Å². The molecule has 1 saturated heterocycles. The topological polar surface area (TPSA) is 55.7 Å². The third-order valence-corrected chi connectivity index (χ3v) is 3.24. The molecule has 12 heavy (non-hydrogen) atoms. The number of hydrogen-bond acceptors (Lipinski definition) is 4. The molecule has 2 rings (SSSR count). The zero-order chi connectivity index (χ0) is 8.93. The lowest BCUT2D eigenvalue weighted by atomic mass is 10.1. The number of rotatable bonds is 1. The summed E-state index contributed by atoms with van der Waals surface area (Å²) in [5.74, 6) is 0.0194. The largest absolute Gasteiger partial charge is 0.464 e. The highest BCUT2D eigenvalue weighted by Gasteiger charge is 2.66. The van der Waals surface area contributed by atoms with Gasteiger partial charge in [-0.3, -0.25) is 0 Å². The molecule has 0 radical (unpaired) electrons. The molecule has 66 valence electrons. The average molecular weight is 169 g/mol. The summed E-state index contributed by atoms with van der Waals surface area (Å²) >= 11 is 0. The highest BCUT2D eigenvalue weighted by atomic mass is 16.5. The van der Waals surface area contributed by atoms with Crippen LogP contribution in [0.15, 0.2) is 5.18 Å². The Bertz CT molecular complexity index is 249. The van der Waals surface area contributed by atoms with Gasteiger partial charge in [-0.25, -0.2) is 4.79 Å². The number of fused-ring (bicyclic) bond motifs is 1. The van der Waals surface area contributed by atoms with Crippen LogP contribution in [0.4, 0.5) is 0 Å². The second-order valence-corrected chi connectivity index (χ2v) is 4.13. The van der Waals surface area contributed by atoms with Gasteiger partial charge in [0.2, 0.25) is 0 Å². The zero-order valence-corrected chi connectivity index (χ0v) is 7.11. The van der Waals surface area contributed by atoms with Crippen molar-refractivity contribution in [2.45, 2.75) is 19.9 Å². The number of esters is 1. The number of nitroso groups, excluding NO2 is 1. The van der Waals surface area contributed by atoms with E-state index >= 15 is 0 Å². The molecule has 0 N–H and O–H groups in total. The predicted octanol–water partition coefficient (Wildman–Crippen LogP) is 0.950. The fourth-order valence-electron chi connectivity index (χ4n) is 2.24. The lowest BCUT2D eigenvalue weighted by molar-refractivity contribution is -0.149. The van der Waals surface area contributed by atoms with Crippen molar-refractivity contribution in [1.29, 1.82) is 0 Å². The molecule has 0 aromatic heterocycles. The maximum atomic E-state index is 11.0. The van der Waals surface area contributed by atoms with E-state index in [1.54, 1.807) is 0 Å². The molecule has 0 aromatic carbocycles. The molecule has 1 saturated carbocycles. The van der Waals surface area contributed by atoms with E-state index in [0.29, 0.717) is 12.5 Å². The fraction of sp³-hybridized carbons (Fsp3) is 0.875. The van der Waals surface area contributed by atoms with Crippen LogP contribution in [-0.4, -0.2) is 18.6 Å². The van der Waals surface area contributed by atoms with Gasteiger partial charge in [0.25, 0.3) is 0 Å². The van der Waals surface area contributed by atoms with Gasteiger partial charge in [0.05, 0.1) is 6.61 Å². The van der Waals surface area contributed by atoms with Gasteiger partial charge in [-0.1, -0.05) is 19.0 Å². The van der Waals surface area contributed by atoms with Gasteiger partial charge in [-0.2, -0.15) is 0 Å². The van der Waals surface area contributed by atoms with Crippen LogP contribution in [-0.2, 0) is 9.53 Å². The third kappa shape index (κ3) is 0.750. The fourth-order valence-corrected chi connectivity index (χ4v) is 2.24. The Labute approximate surface area is 70.3 Å². The minimum atomic E-state index is -0.751. The van der Waals surface area contributed by atoms with Crippen molar-refractivity contribution in [3.63, 3.8) is 0 Å². The van der Waals surface area contributed by atoms with E-state index in [1.165, 1.54) is 0 Å². The number of carbonyl (C=O) groups is 1. The normalized spacial score (nSPS) is 42.8. The van der Waals surface area contributed by atoms with Crippen LogP contribution in [0.1, 0.15) is 13.8 Å². The molecular weight excluding hydrogens is 158 g/mol. The molecule has 2 fully saturated rings. The van der Waals surface area contributed by atoms with Crippen LogP contribution >= 0.6 is 0 Å². The van der Waals surface area contributed by atoms with E-state index in [2.05, 4.69) is 5.18 Å². The van der Waals surface area contributed by atoms with E-state index in [0.717, 1.165) is 0 Å². The molecular formula is C8H11NO3.